The molecule has 0 saturated heterocycles. The Bertz CT molecular complexity index is 219. The fraction of sp³-hybridized carbons (Fsp3) is 0.818. The predicted molar refractivity (Wildman–Crippen MR) is 63.8 cm³/mol. The number of nitrogens with one attached hydrogen (secondary N) is 2. The van der Waals surface area contributed by atoms with Gasteiger partial charge in [-0.15, -0.1) is 0 Å². The molecule has 0 bridgehead atoms. The molecule has 4 N–H and O–H groups in total. The first kappa shape index (κ1) is 14.9. The molecule has 16 heavy (non-hydrogen) atoms. The van der Waals surface area contributed by atoms with Crippen LogP contribution in [0.5, 0.6) is 0 Å². The zero-order valence-corrected chi connectivity index (χ0v) is 10.2. The molecule has 0 aromatic rings. The fourth-order valence-corrected chi connectivity index (χ4v) is 1.24. The predicted octanol–water partition coefficient (Wildman–Crippen LogP) is 0.146. The summed E-state index contributed by atoms with van der Waals surface area (Å²) in [4.78, 5) is 22.0. The molecule has 0 aliphatic rings. The minimum atomic E-state index is -0.358. The van der Waals surface area contributed by atoms with Crippen LogP contribution in [0.3, 0.4) is 0 Å². The molecule has 0 heterocycles. The molecule has 0 aliphatic carbocycles. The molecular weight excluding hydrogens is 206 g/mol. The lowest BCUT2D eigenvalue weighted by Crippen LogP contribution is -2.43. The van der Waals surface area contributed by atoms with Gasteiger partial charge < -0.3 is 16.4 Å². The van der Waals surface area contributed by atoms with Crippen LogP contribution in [0.25, 0.3) is 0 Å². The fourth-order valence-electron chi connectivity index (χ4n) is 1.24. The summed E-state index contributed by atoms with van der Waals surface area (Å²) in [5.41, 5.74) is 4.99. The maximum absolute atomic E-state index is 11.5. The van der Waals surface area contributed by atoms with Gasteiger partial charge in [-0.05, 0) is 13.3 Å². The van der Waals surface area contributed by atoms with Crippen molar-refractivity contribution < 1.29 is 9.59 Å². The molecule has 0 rings (SSSR count). The molecule has 1 unspecified atom stereocenters. The second-order valence-corrected chi connectivity index (χ2v) is 3.89. The minimum absolute atomic E-state index is 0.0272. The number of carbonyl (C=O) groups excluding carboxylic acids is 2. The van der Waals surface area contributed by atoms with Crippen molar-refractivity contribution in [1.82, 2.24) is 10.6 Å². The summed E-state index contributed by atoms with van der Waals surface area (Å²) >= 11 is 0. The van der Waals surface area contributed by atoms with Gasteiger partial charge in [-0.25, -0.2) is 0 Å². The molecule has 2 amide bonds. The summed E-state index contributed by atoms with van der Waals surface area (Å²) in [6.07, 6.45) is 3.54. The van der Waals surface area contributed by atoms with E-state index in [1.807, 2.05) is 0 Å². The van der Waals surface area contributed by atoms with Crippen molar-refractivity contribution in [3.63, 3.8) is 0 Å². The van der Waals surface area contributed by atoms with Crippen LogP contribution in [-0.2, 0) is 9.59 Å². The summed E-state index contributed by atoms with van der Waals surface area (Å²) < 4.78 is 0. The highest BCUT2D eigenvalue weighted by Crippen LogP contribution is 1.91. The number of hydrogen-bond acceptors (Lipinski definition) is 3. The summed E-state index contributed by atoms with van der Waals surface area (Å²) in [5.74, 6) is -0.386. The van der Waals surface area contributed by atoms with Gasteiger partial charge in [0.15, 0.2) is 0 Å². The van der Waals surface area contributed by atoms with E-state index >= 15 is 0 Å². The summed E-state index contributed by atoms with van der Waals surface area (Å²) in [5, 5.41) is 5.78. The van der Waals surface area contributed by atoms with Gasteiger partial charge in [0, 0.05) is 19.5 Å². The van der Waals surface area contributed by atoms with Crippen molar-refractivity contribution in [1.29, 1.82) is 0 Å². The van der Waals surface area contributed by atoms with Gasteiger partial charge in [-0.1, -0.05) is 19.8 Å². The van der Waals surface area contributed by atoms with Gasteiger partial charge in [0.25, 0.3) is 0 Å². The second-order valence-electron chi connectivity index (χ2n) is 3.89. The van der Waals surface area contributed by atoms with Crippen molar-refractivity contribution in [2.24, 2.45) is 5.73 Å². The Morgan fingerprint density at radius 2 is 1.94 bits per heavy atom. The first-order valence-corrected chi connectivity index (χ1v) is 5.87. The van der Waals surface area contributed by atoms with Crippen molar-refractivity contribution in [3.05, 3.63) is 0 Å². The van der Waals surface area contributed by atoms with E-state index in [2.05, 4.69) is 17.6 Å². The Morgan fingerprint density at radius 1 is 1.25 bits per heavy atom. The van der Waals surface area contributed by atoms with Gasteiger partial charge in [0.1, 0.15) is 0 Å². The van der Waals surface area contributed by atoms with Crippen molar-refractivity contribution in [3.8, 4) is 0 Å². The highest BCUT2D eigenvalue weighted by molar-refractivity contribution is 5.81. The van der Waals surface area contributed by atoms with E-state index in [-0.39, 0.29) is 24.3 Å². The summed E-state index contributed by atoms with van der Waals surface area (Å²) in [6, 6.07) is -0.277. The van der Waals surface area contributed by atoms with E-state index in [1.165, 1.54) is 0 Å². The van der Waals surface area contributed by atoms with Crippen LogP contribution in [-0.4, -0.2) is 30.9 Å². The molecule has 0 aromatic heterocycles. The highest BCUT2D eigenvalue weighted by atomic mass is 16.2. The number of rotatable bonds is 9. The standard InChI is InChI=1S/C11H23N3O2/c1-3-4-5-7-14-11(16)9(2)13-8-6-10(12)15/h9,13H,3-8H2,1-2H3,(H2,12,15)(H,14,16). The van der Waals surface area contributed by atoms with Crippen LogP contribution in [0.1, 0.15) is 39.5 Å². The Labute approximate surface area is 97.2 Å². The summed E-state index contributed by atoms with van der Waals surface area (Å²) in [6.45, 7) is 5.05. The van der Waals surface area contributed by atoms with Crippen LogP contribution in [0, 0.1) is 0 Å². The van der Waals surface area contributed by atoms with Crippen LogP contribution in [0.2, 0.25) is 0 Å². The van der Waals surface area contributed by atoms with Gasteiger partial charge >= 0.3 is 0 Å². The minimum Gasteiger partial charge on any atom is -0.370 e. The Morgan fingerprint density at radius 3 is 2.50 bits per heavy atom. The topological polar surface area (TPSA) is 84.2 Å². The number of carbonyl (C=O) groups is 2. The van der Waals surface area contributed by atoms with E-state index in [0.717, 1.165) is 19.3 Å². The molecule has 0 fully saturated rings. The van der Waals surface area contributed by atoms with Gasteiger partial charge in [-0.3, -0.25) is 9.59 Å². The summed E-state index contributed by atoms with van der Waals surface area (Å²) in [7, 11) is 0. The third-order valence-corrected chi connectivity index (χ3v) is 2.29. The molecule has 0 aromatic carbocycles. The van der Waals surface area contributed by atoms with E-state index < -0.39 is 0 Å². The lowest BCUT2D eigenvalue weighted by molar-refractivity contribution is -0.123. The number of amides is 2. The zero-order valence-electron chi connectivity index (χ0n) is 10.2. The third kappa shape index (κ3) is 8.23. The van der Waals surface area contributed by atoms with Gasteiger partial charge in [0.05, 0.1) is 6.04 Å². The first-order valence-electron chi connectivity index (χ1n) is 5.87. The van der Waals surface area contributed by atoms with Gasteiger partial charge in [0.2, 0.25) is 11.8 Å². The van der Waals surface area contributed by atoms with E-state index in [0.29, 0.717) is 13.1 Å². The van der Waals surface area contributed by atoms with Crippen molar-refractivity contribution >= 4 is 11.8 Å². The van der Waals surface area contributed by atoms with E-state index in [4.69, 9.17) is 5.73 Å². The quantitative estimate of drug-likeness (QED) is 0.492. The lowest BCUT2D eigenvalue weighted by atomic mass is 10.2. The van der Waals surface area contributed by atoms with Crippen LogP contribution in [0.15, 0.2) is 0 Å². The third-order valence-electron chi connectivity index (χ3n) is 2.29. The highest BCUT2D eigenvalue weighted by Gasteiger charge is 2.10. The van der Waals surface area contributed by atoms with Crippen molar-refractivity contribution in [2.45, 2.75) is 45.6 Å². The van der Waals surface area contributed by atoms with Gasteiger partial charge in [-0.2, -0.15) is 0 Å². The van der Waals surface area contributed by atoms with E-state index in [1.54, 1.807) is 6.92 Å². The number of hydrogen-bond donors (Lipinski definition) is 3. The second kappa shape index (κ2) is 9.15. The lowest BCUT2D eigenvalue weighted by Gasteiger charge is -2.13. The molecule has 0 radical (unpaired) electrons. The maximum Gasteiger partial charge on any atom is 0.236 e. The van der Waals surface area contributed by atoms with Crippen LogP contribution in [0.4, 0.5) is 0 Å². The number of primary amides is 1. The average molecular weight is 229 g/mol. The molecule has 5 heteroatoms. The molecule has 0 spiro atoms. The van der Waals surface area contributed by atoms with Crippen molar-refractivity contribution in [2.75, 3.05) is 13.1 Å². The molecule has 0 saturated carbocycles. The van der Waals surface area contributed by atoms with E-state index in [9.17, 15) is 9.59 Å². The normalized spacial score (nSPS) is 12.1. The molecule has 0 aliphatic heterocycles. The Balaban J connectivity index is 3.53. The monoisotopic (exact) mass is 229 g/mol. The molecular formula is C11H23N3O2. The largest absolute Gasteiger partial charge is 0.370 e. The SMILES string of the molecule is CCCCCNC(=O)C(C)NCCC(N)=O. The Hall–Kier alpha value is -1.10. The number of unbranched alkanes of at least 4 members (excludes halogenated alkanes) is 2. The van der Waals surface area contributed by atoms with Crippen LogP contribution >= 0.6 is 0 Å². The smallest absolute Gasteiger partial charge is 0.236 e. The number of nitrogens with two attached hydrogens (primary N) is 1. The molecule has 94 valence electrons. The molecule has 1 atom stereocenters. The first-order chi connectivity index (χ1) is 7.57. The molecule has 5 nitrogen and oxygen atoms in total. The van der Waals surface area contributed by atoms with Crippen LogP contribution < -0.4 is 16.4 Å². The Kier molecular flexibility index (Phi) is 8.52. The zero-order chi connectivity index (χ0) is 12.4. The maximum atomic E-state index is 11.5. The average Bonchev–Trinajstić information content (AvgIpc) is 2.23.